The van der Waals surface area contributed by atoms with Crippen LogP contribution < -0.4 is 5.32 Å². The molecule has 0 aliphatic heterocycles. The molecule has 1 aromatic carbocycles. The highest BCUT2D eigenvalue weighted by Crippen LogP contribution is 2.07. The van der Waals surface area contributed by atoms with Crippen LogP contribution in [0, 0.1) is 12.8 Å². The molecule has 90 valence electrons. The minimum atomic E-state index is 0.694. The highest BCUT2D eigenvalue weighted by molar-refractivity contribution is 5.21. The van der Waals surface area contributed by atoms with Gasteiger partial charge >= 0.3 is 0 Å². The van der Waals surface area contributed by atoms with Crippen molar-refractivity contribution in [2.24, 2.45) is 5.92 Å². The molecule has 0 amide bonds. The van der Waals surface area contributed by atoms with Gasteiger partial charge in [-0.15, -0.1) is 0 Å². The molecular weight excluding hydrogens is 196 g/mol. The number of rotatable bonds is 6. The fourth-order valence-corrected chi connectivity index (χ4v) is 2.13. The van der Waals surface area contributed by atoms with Crippen molar-refractivity contribution in [1.82, 2.24) is 10.2 Å². The third kappa shape index (κ3) is 4.77. The van der Waals surface area contributed by atoms with Crippen LogP contribution in [-0.4, -0.2) is 32.1 Å². The van der Waals surface area contributed by atoms with Gasteiger partial charge in [-0.1, -0.05) is 36.8 Å². The zero-order valence-corrected chi connectivity index (χ0v) is 11.0. The van der Waals surface area contributed by atoms with Gasteiger partial charge in [0.15, 0.2) is 0 Å². The molecule has 0 aromatic heterocycles. The summed E-state index contributed by atoms with van der Waals surface area (Å²) in [7, 11) is 4.20. The molecule has 0 fully saturated rings. The molecule has 1 rings (SSSR count). The Morgan fingerprint density at radius 2 is 2.12 bits per heavy atom. The largest absolute Gasteiger partial charge is 0.319 e. The molecule has 0 aliphatic carbocycles. The quantitative estimate of drug-likeness (QED) is 0.791. The second kappa shape index (κ2) is 6.66. The van der Waals surface area contributed by atoms with Crippen molar-refractivity contribution >= 4 is 0 Å². The van der Waals surface area contributed by atoms with E-state index in [1.807, 2.05) is 7.05 Å². The number of benzene rings is 1. The highest BCUT2D eigenvalue weighted by Gasteiger charge is 2.06. The van der Waals surface area contributed by atoms with Gasteiger partial charge in [0, 0.05) is 13.1 Å². The Morgan fingerprint density at radius 1 is 1.38 bits per heavy atom. The fourth-order valence-electron chi connectivity index (χ4n) is 2.13. The molecule has 1 N–H and O–H groups in total. The molecule has 1 aromatic rings. The summed E-state index contributed by atoms with van der Waals surface area (Å²) in [6, 6.07) is 8.74. The standard InChI is InChI=1S/C14H24N2/c1-12-6-5-7-14(8-12)11-16(4)10-13(2)9-15-3/h5-8,13,15H,9-11H2,1-4H3. The topological polar surface area (TPSA) is 15.3 Å². The first-order valence-corrected chi connectivity index (χ1v) is 6.00. The third-order valence-corrected chi connectivity index (χ3v) is 2.71. The van der Waals surface area contributed by atoms with Crippen LogP contribution in [0.1, 0.15) is 18.1 Å². The lowest BCUT2D eigenvalue weighted by molar-refractivity contribution is 0.276. The van der Waals surface area contributed by atoms with Crippen LogP contribution in [0.25, 0.3) is 0 Å². The molecule has 1 atom stereocenters. The van der Waals surface area contributed by atoms with E-state index in [0.29, 0.717) is 5.92 Å². The Kier molecular flexibility index (Phi) is 5.50. The molecule has 0 radical (unpaired) electrons. The first kappa shape index (κ1) is 13.2. The van der Waals surface area contributed by atoms with Gasteiger partial charge in [-0.05, 0) is 39.0 Å². The van der Waals surface area contributed by atoms with Crippen LogP contribution in [0.3, 0.4) is 0 Å². The van der Waals surface area contributed by atoms with Crippen molar-refractivity contribution in [2.45, 2.75) is 20.4 Å². The zero-order valence-electron chi connectivity index (χ0n) is 11.0. The normalized spacial score (nSPS) is 13.1. The third-order valence-electron chi connectivity index (χ3n) is 2.71. The molecular formula is C14H24N2. The van der Waals surface area contributed by atoms with Crippen molar-refractivity contribution in [3.8, 4) is 0 Å². The maximum absolute atomic E-state index is 3.22. The second-order valence-electron chi connectivity index (χ2n) is 4.85. The van der Waals surface area contributed by atoms with E-state index in [0.717, 1.165) is 19.6 Å². The summed E-state index contributed by atoms with van der Waals surface area (Å²) < 4.78 is 0. The van der Waals surface area contributed by atoms with Crippen LogP contribution in [0.2, 0.25) is 0 Å². The summed E-state index contributed by atoms with van der Waals surface area (Å²) in [6.07, 6.45) is 0. The minimum absolute atomic E-state index is 0.694. The van der Waals surface area contributed by atoms with Crippen molar-refractivity contribution in [1.29, 1.82) is 0 Å². The molecule has 0 heterocycles. The van der Waals surface area contributed by atoms with E-state index in [9.17, 15) is 0 Å². The number of nitrogens with zero attached hydrogens (tertiary/aromatic N) is 1. The molecule has 0 spiro atoms. The van der Waals surface area contributed by atoms with Gasteiger partial charge < -0.3 is 10.2 Å². The van der Waals surface area contributed by atoms with Gasteiger partial charge in [0.1, 0.15) is 0 Å². The predicted molar refractivity (Wildman–Crippen MR) is 70.6 cm³/mol. The lowest BCUT2D eigenvalue weighted by Crippen LogP contribution is -2.29. The fraction of sp³-hybridized carbons (Fsp3) is 0.571. The van der Waals surface area contributed by atoms with E-state index in [2.05, 4.69) is 55.4 Å². The summed E-state index contributed by atoms with van der Waals surface area (Å²) in [5.74, 6) is 0.694. The van der Waals surface area contributed by atoms with Gasteiger partial charge in [0.2, 0.25) is 0 Å². The van der Waals surface area contributed by atoms with E-state index in [1.54, 1.807) is 0 Å². The highest BCUT2D eigenvalue weighted by atomic mass is 15.1. The SMILES string of the molecule is CNCC(C)CN(C)Cc1cccc(C)c1. The molecule has 0 bridgehead atoms. The number of aryl methyl sites for hydroxylation is 1. The van der Waals surface area contributed by atoms with Crippen LogP contribution in [0.5, 0.6) is 0 Å². The van der Waals surface area contributed by atoms with Crippen LogP contribution >= 0.6 is 0 Å². The summed E-state index contributed by atoms with van der Waals surface area (Å²) >= 11 is 0. The first-order valence-electron chi connectivity index (χ1n) is 6.00. The van der Waals surface area contributed by atoms with Crippen molar-refractivity contribution in [2.75, 3.05) is 27.2 Å². The molecule has 0 saturated carbocycles. The van der Waals surface area contributed by atoms with E-state index in [4.69, 9.17) is 0 Å². The van der Waals surface area contributed by atoms with Crippen molar-refractivity contribution < 1.29 is 0 Å². The molecule has 1 unspecified atom stereocenters. The number of hydrogen-bond donors (Lipinski definition) is 1. The molecule has 0 saturated heterocycles. The van der Waals surface area contributed by atoms with E-state index in [1.165, 1.54) is 11.1 Å². The summed E-state index contributed by atoms with van der Waals surface area (Å²) in [6.45, 7) is 7.68. The summed E-state index contributed by atoms with van der Waals surface area (Å²) in [5, 5.41) is 3.22. The second-order valence-corrected chi connectivity index (χ2v) is 4.85. The Bertz CT molecular complexity index is 309. The lowest BCUT2D eigenvalue weighted by atomic mass is 10.1. The molecule has 0 aliphatic rings. The Balaban J connectivity index is 2.42. The van der Waals surface area contributed by atoms with Crippen LogP contribution in [-0.2, 0) is 6.54 Å². The molecule has 2 nitrogen and oxygen atoms in total. The van der Waals surface area contributed by atoms with Crippen molar-refractivity contribution in [3.05, 3.63) is 35.4 Å². The van der Waals surface area contributed by atoms with Crippen molar-refractivity contribution in [3.63, 3.8) is 0 Å². The number of hydrogen-bond acceptors (Lipinski definition) is 2. The molecule has 2 heteroatoms. The maximum atomic E-state index is 3.22. The number of nitrogens with one attached hydrogen (secondary N) is 1. The maximum Gasteiger partial charge on any atom is 0.0230 e. The van der Waals surface area contributed by atoms with E-state index < -0.39 is 0 Å². The minimum Gasteiger partial charge on any atom is -0.319 e. The van der Waals surface area contributed by atoms with Gasteiger partial charge in [-0.3, -0.25) is 0 Å². The molecule has 16 heavy (non-hydrogen) atoms. The van der Waals surface area contributed by atoms with Gasteiger partial charge in [-0.2, -0.15) is 0 Å². The Morgan fingerprint density at radius 3 is 2.75 bits per heavy atom. The van der Waals surface area contributed by atoms with Gasteiger partial charge in [0.05, 0.1) is 0 Å². The summed E-state index contributed by atoms with van der Waals surface area (Å²) in [5.41, 5.74) is 2.74. The Labute approximate surface area is 99.7 Å². The lowest BCUT2D eigenvalue weighted by Gasteiger charge is -2.21. The summed E-state index contributed by atoms with van der Waals surface area (Å²) in [4.78, 5) is 2.39. The Hall–Kier alpha value is -0.860. The average molecular weight is 220 g/mol. The van der Waals surface area contributed by atoms with Gasteiger partial charge in [-0.25, -0.2) is 0 Å². The smallest absolute Gasteiger partial charge is 0.0230 e. The monoisotopic (exact) mass is 220 g/mol. The van der Waals surface area contributed by atoms with Crippen LogP contribution in [0.15, 0.2) is 24.3 Å². The van der Waals surface area contributed by atoms with E-state index in [-0.39, 0.29) is 0 Å². The zero-order chi connectivity index (χ0) is 12.0. The van der Waals surface area contributed by atoms with Crippen LogP contribution in [0.4, 0.5) is 0 Å². The van der Waals surface area contributed by atoms with E-state index >= 15 is 0 Å². The predicted octanol–water partition coefficient (Wildman–Crippen LogP) is 2.28. The first-order chi connectivity index (χ1) is 7.61. The van der Waals surface area contributed by atoms with Gasteiger partial charge in [0.25, 0.3) is 0 Å². The average Bonchev–Trinajstić information content (AvgIpc) is 2.17.